The third-order valence-electron chi connectivity index (χ3n) is 1.44. The number of aromatic nitrogens is 1. The second kappa shape index (κ2) is 3.94. The highest BCUT2D eigenvalue weighted by molar-refractivity contribution is 9.09. The molecule has 0 bridgehead atoms. The van der Waals surface area contributed by atoms with Crippen LogP contribution in [-0.4, -0.2) is 9.81 Å². The fraction of sp³-hybridized carbons (Fsp3) is 0.375. The van der Waals surface area contributed by atoms with Crippen LogP contribution in [0, 0.1) is 11.6 Å². The van der Waals surface area contributed by atoms with Gasteiger partial charge < -0.3 is 0 Å². The maximum Gasteiger partial charge on any atom is 0.147 e. The lowest BCUT2D eigenvalue weighted by Crippen LogP contribution is -2.03. The van der Waals surface area contributed by atoms with E-state index in [1.54, 1.807) is 0 Å². The molecule has 1 aromatic heterocycles. The summed E-state index contributed by atoms with van der Waals surface area (Å²) < 4.78 is 25.8. The van der Waals surface area contributed by atoms with Crippen LogP contribution in [0.25, 0.3) is 0 Å². The number of hydrogen-bond donors (Lipinski definition) is 0. The van der Waals surface area contributed by atoms with Crippen molar-refractivity contribution in [2.45, 2.75) is 18.2 Å². The van der Waals surface area contributed by atoms with E-state index in [1.165, 1.54) is 0 Å². The molecule has 4 heteroatoms. The molecule has 0 aliphatic carbocycles. The molecule has 1 rings (SSSR count). The zero-order chi connectivity index (χ0) is 9.14. The molecule has 12 heavy (non-hydrogen) atoms. The monoisotopic (exact) mass is 235 g/mol. The Labute approximate surface area is 77.9 Å². The maximum atomic E-state index is 12.9. The molecule has 0 aliphatic heterocycles. The first-order chi connectivity index (χ1) is 5.61. The summed E-state index contributed by atoms with van der Waals surface area (Å²) in [7, 11) is 0. The summed E-state index contributed by atoms with van der Waals surface area (Å²) in [6.45, 7) is 1.83. The average Bonchev–Trinajstić information content (AvgIpc) is 1.97. The third-order valence-corrected chi connectivity index (χ3v) is 1.76. The molecule has 0 radical (unpaired) electrons. The molecule has 0 saturated heterocycles. The van der Waals surface area contributed by atoms with Crippen molar-refractivity contribution in [2.75, 3.05) is 0 Å². The van der Waals surface area contributed by atoms with Crippen LogP contribution < -0.4 is 0 Å². The van der Waals surface area contributed by atoms with Gasteiger partial charge in [-0.05, 0) is 6.42 Å². The van der Waals surface area contributed by atoms with Crippen LogP contribution in [0.1, 0.15) is 12.5 Å². The van der Waals surface area contributed by atoms with Gasteiger partial charge in [-0.1, -0.05) is 22.9 Å². The van der Waals surface area contributed by atoms with Crippen molar-refractivity contribution in [1.29, 1.82) is 0 Å². The molecule has 0 amide bonds. The maximum absolute atomic E-state index is 12.9. The van der Waals surface area contributed by atoms with Crippen LogP contribution in [-0.2, 0) is 6.42 Å². The number of hydrogen-bond acceptors (Lipinski definition) is 1. The highest BCUT2D eigenvalue weighted by Gasteiger charge is 2.10. The van der Waals surface area contributed by atoms with Crippen LogP contribution in [0.15, 0.2) is 12.4 Å². The summed E-state index contributed by atoms with van der Waals surface area (Å²) in [5.41, 5.74) is 0.0920. The number of alkyl halides is 1. The van der Waals surface area contributed by atoms with Crippen LogP contribution in [0.2, 0.25) is 0 Å². The van der Waals surface area contributed by atoms with E-state index in [0.717, 1.165) is 12.4 Å². The van der Waals surface area contributed by atoms with Gasteiger partial charge in [0.05, 0.1) is 12.4 Å². The molecule has 0 aromatic carbocycles. The first-order valence-corrected chi connectivity index (χ1v) is 4.44. The van der Waals surface area contributed by atoms with Gasteiger partial charge in [-0.3, -0.25) is 4.98 Å². The Morgan fingerprint density at radius 1 is 1.42 bits per heavy atom. The first-order valence-electron chi connectivity index (χ1n) is 3.53. The van der Waals surface area contributed by atoms with Crippen LogP contribution in [0.4, 0.5) is 8.78 Å². The second-order valence-corrected chi connectivity index (χ2v) is 4.13. The largest absolute Gasteiger partial charge is 0.259 e. The van der Waals surface area contributed by atoms with Gasteiger partial charge in [-0.25, -0.2) is 8.78 Å². The van der Waals surface area contributed by atoms with Gasteiger partial charge in [0.1, 0.15) is 11.6 Å². The minimum atomic E-state index is -0.582. The van der Waals surface area contributed by atoms with Gasteiger partial charge in [0.2, 0.25) is 0 Å². The zero-order valence-corrected chi connectivity index (χ0v) is 8.11. The fourth-order valence-corrected chi connectivity index (χ4v) is 1.24. The quantitative estimate of drug-likeness (QED) is 0.719. The molecule has 1 nitrogen and oxygen atoms in total. The Bertz CT molecular complexity index is 256. The van der Waals surface area contributed by atoms with E-state index in [2.05, 4.69) is 20.9 Å². The van der Waals surface area contributed by atoms with Gasteiger partial charge in [0, 0.05) is 10.4 Å². The Morgan fingerprint density at radius 2 is 1.92 bits per heavy atom. The van der Waals surface area contributed by atoms with E-state index in [-0.39, 0.29) is 10.4 Å². The Balaban J connectivity index is 2.96. The summed E-state index contributed by atoms with van der Waals surface area (Å²) in [5.74, 6) is -1.16. The molecule has 1 heterocycles. The molecular formula is C8H8BrF2N. The summed E-state index contributed by atoms with van der Waals surface area (Å²) in [4.78, 5) is 3.45. The van der Waals surface area contributed by atoms with Gasteiger partial charge in [-0.15, -0.1) is 0 Å². The molecular weight excluding hydrogens is 228 g/mol. The molecule has 0 N–H and O–H groups in total. The van der Waals surface area contributed by atoms with E-state index in [1.807, 2.05) is 6.92 Å². The van der Waals surface area contributed by atoms with Crippen molar-refractivity contribution in [3.8, 4) is 0 Å². The smallest absolute Gasteiger partial charge is 0.147 e. The highest BCUT2D eigenvalue weighted by atomic mass is 79.9. The predicted octanol–water partition coefficient (Wildman–Crippen LogP) is 2.69. The Kier molecular flexibility index (Phi) is 3.14. The first kappa shape index (κ1) is 9.58. The van der Waals surface area contributed by atoms with Crippen molar-refractivity contribution in [3.63, 3.8) is 0 Å². The average molecular weight is 236 g/mol. The molecule has 66 valence electrons. The van der Waals surface area contributed by atoms with Gasteiger partial charge in [0.25, 0.3) is 0 Å². The van der Waals surface area contributed by atoms with Crippen LogP contribution in [0.3, 0.4) is 0 Å². The van der Waals surface area contributed by atoms with Crippen molar-refractivity contribution >= 4 is 15.9 Å². The lowest BCUT2D eigenvalue weighted by atomic mass is 10.1. The third kappa shape index (κ3) is 2.24. The zero-order valence-electron chi connectivity index (χ0n) is 6.52. The van der Waals surface area contributed by atoms with Crippen molar-refractivity contribution in [2.24, 2.45) is 0 Å². The number of rotatable bonds is 2. The normalized spacial score (nSPS) is 13.0. The molecule has 0 saturated carbocycles. The van der Waals surface area contributed by atoms with Crippen molar-refractivity contribution in [1.82, 2.24) is 4.98 Å². The van der Waals surface area contributed by atoms with Crippen LogP contribution in [0.5, 0.6) is 0 Å². The lowest BCUT2D eigenvalue weighted by molar-refractivity contribution is 0.545. The summed E-state index contributed by atoms with van der Waals surface area (Å²) >= 11 is 3.23. The number of nitrogens with zero attached hydrogens (tertiary/aromatic N) is 1. The minimum Gasteiger partial charge on any atom is -0.259 e. The lowest BCUT2D eigenvalue weighted by Gasteiger charge is -2.04. The molecule has 1 atom stereocenters. The Morgan fingerprint density at radius 3 is 2.33 bits per heavy atom. The Hall–Kier alpha value is -0.510. The van der Waals surface area contributed by atoms with Crippen molar-refractivity contribution < 1.29 is 8.78 Å². The molecule has 0 aliphatic rings. The van der Waals surface area contributed by atoms with Crippen LogP contribution >= 0.6 is 15.9 Å². The number of halogens is 3. The summed E-state index contributed by atoms with van der Waals surface area (Å²) in [5, 5.41) is 0. The summed E-state index contributed by atoms with van der Waals surface area (Å²) in [6.07, 6.45) is 2.38. The molecule has 0 fully saturated rings. The fourth-order valence-electron chi connectivity index (χ4n) is 0.914. The minimum absolute atomic E-state index is 0.0592. The molecule has 0 spiro atoms. The SMILES string of the molecule is CC(Br)Cc1c(F)cncc1F. The highest BCUT2D eigenvalue weighted by Crippen LogP contribution is 2.15. The van der Waals surface area contributed by atoms with E-state index < -0.39 is 11.6 Å². The predicted molar refractivity (Wildman–Crippen MR) is 46.2 cm³/mol. The van der Waals surface area contributed by atoms with Gasteiger partial charge in [-0.2, -0.15) is 0 Å². The van der Waals surface area contributed by atoms with E-state index in [9.17, 15) is 8.78 Å². The van der Waals surface area contributed by atoms with Gasteiger partial charge in [0.15, 0.2) is 0 Å². The molecule has 1 aromatic rings. The second-order valence-electron chi connectivity index (χ2n) is 2.57. The van der Waals surface area contributed by atoms with Crippen molar-refractivity contribution in [3.05, 3.63) is 29.6 Å². The van der Waals surface area contributed by atoms with E-state index in [0.29, 0.717) is 6.42 Å². The van der Waals surface area contributed by atoms with E-state index >= 15 is 0 Å². The molecule has 1 unspecified atom stereocenters. The standard InChI is InChI=1S/C8H8BrF2N/c1-5(9)2-6-7(10)3-12-4-8(6)11/h3-5H,2H2,1H3. The number of pyridine rings is 1. The van der Waals surface area contributed by atoms with Gasteiger partial charge >= 0.3 is 0 Å². The van der Waals surface area contributed by atoms with E-state index in [4.69, 9.17) is 0 Å². The summed E-state index contributed by atoms with van der Waals surface area (Å²) in [6, 6.07) is 0. The topological polar surface area (TPSA) is 12.9 Å².